The van der Waals surface area contributed by atoms with Crippen LogP contribution < -0.4 is 0 Å². The van der Waals surface area contributed by atoms with Crippen molar-refractivity contribution in [3.05, 3.63) is 39.7 Å². The third-order valence-corrected chi connectivity index (χ3v) is 2.95. The Bertz CT molecular complexity index is 498. The van der Waals surface area contributed by atoms with Crippen molar-refractivity contribution in [2.75, 3.05) is 32.1 Å². The first kappa shape index (κ1) is 16.5. The van der Waals surface area contributed by atoms with E-state index in [9.17, 15) is 19.3 Å². The molecular weight excluding hydrogens is 335 g/mol. The van der Waals surface area contributed by atoms with Gasteiger partial charge in [0.2, 0.25) is 0 Å². The number of amides is 1. The Morgan fingerprint density at radius 2 is 2.20 bits per heavy atom. The Balaban J connectivity index is 3.07. The third-order valence-electron chi connectivity index (χ3n) is 2.59. The van der Waals surface area contributed by atoms with Crippen LogP contribution in [0.4, 0.5) is 10.1 Å². The van der Waals surface area contributed by atoms with Crippen LogP contribution in [0.1, 0.15) is 10.4 Å². The lowest BCUT2D eigenvalue weighted by molar-refractivity contribution is -0.385. The molecule has 0 fully saturated rings. The van der Waals surface area contributed by atoms with E-state index in [0.717, 1.165) is 18.2 Å². The summed E-state index contributed by atoms with van der Waals surface area (Å²) in [5, 5.41) is 11.4. The lowest BCUT2D eigenvalue weighted by Crippen LogP contribution is -2.35. The van der Waals surface area contributed by atoms with Gasteiger partial charge in [-0.1, -0.05) is 15.9 Å². The second-order valence-electron chi connectivity index (χ2n) is 3.89. The Morgan fingerprint density at radius 1 is 1.50 bits per heavy atom. The molecule has 0 radical (unpaired) electrons. The van der Waals surface area contributed by atoms with Crippen LogP contribution in [0.2, 0.25) is 0 Å². The summed E-state index contributed by atoms with van der Waals surface area (Å²) in [5.41, 5.74) is -0.666. The Morgan fingerprint density at radius 3 is 2.75 bits per heavy atom. The van der Waals surface area contributed by atoms with Gasteiger partial charge in [0, 0.05) is 25.5 Å². The molecule has 0 N–H and O–H groups in total. The van der Waals surface area contributed by atoms with Gasteiger partial charge >= 0.3 is 0 Å². The number of hydrogen-bond donors (Lipinski definition) is 0. The predicted octanol–water partition coefficient (Wildman–Crippen LogP) is 2.22. The molecule has 0 atom stereocenters. The maximum absolute atomic E-state index is 13.1. The molecule has 0 saturated heterocycles. The van der Waals surface area contributed by atoms with Gasteiger partial charge in [-0.3, -0.25) is 14.9 Å². The van der Waals surface area contributed by atoms with E-state index in [0.29, 0.717) is 25.0 Å². The van der Waals surface area contributed by atoms with Crippen molar-refractivity contribution in [3.8, 4) is 0 Å². The molecule has 0 heterocycles. The van der Waals surface area contributed by atoms with Crippen LogP contribution in [0.5, 0.6) is 0 Å². The van der Waals surface area contributed by atoms with E-state index in [2.05, 4.69) is 15.9 Å². The van der Waals surface area contributed by atoms with E-state index < -0.39 is 22.3 Å². The highest BCUT2D eigenvalue weighted by molar-refractivity contribution is 9.09. The van der Waals surface area contributed by atoms with Gasteiger partial charge in [0.15, 0.2) is 0 Å². The first-order valence-electron chi connectivity index (χ1n) is 5.79. The van der Waals surface area contributed by atoms with Crippen molar-refractivity contribution >= 4 is 27.5 Å². The topological polar surface area (TPSA) is 72.7 Å². The monoisotopic (exact) mass is 348 g/mol. The van der Waals surface area contributed by atoms with Gasteiger partial charge in [0.25, 0.3) is 11.6 Å². The fourth-order valence-corrected chi connectivity index (χ4v) is 2.05. The summed E-state index contributed by atoms with van der Waals surface area (Å²) < 4.78 is 18.0. The van der Waals surface area contributed by atoms with Gasteiger partial charge in [0.1, 0.15) is 11.4 Å². The van der Waals surface area contributed by atoms with Crippen LogP contribution >= 0.6 is 15.9 Å². The zero-order valence-corrected chi connectivity index (χ0v) is 12.4. The second kappa shape index (κ2) is 7.91. The van der Waals surface area contributed by atoms with E-state index in [4.69, 9.17) is 4.74 Å². The number of halogens is 2. The summed E-state index contributed by atoms with van der Waals surface area (Å²) in [6, 6.07) is 2.91. The van der Waals surface area contributed by atoms with Crippen molar-refractivity contribution in [2.45, 2.75) is 0 Å². The summed E-state index contributed by atoms with van der Waals surface area (Å²) in [5.74, 6) is -1.27. The van der Waals surface area contributed by atoms with Gasteiger partial charge in [-0.25, -0.2) is 4.39 Å². The molecule has 1 aromatic carbocycles. The maximum atomic E-state index is 13.1. The average molecular weight is 349 g/mol. The van der Waals surface area contributed by atoms with Crippen LogP contribution in [-0.2, 0) is 4.74 Å². The average Bonchev–Trinajstić information content (AvgIpc) is 2.42. The summed E-state index contributed by atoms with van der Waals surface area (Å²) in [6.07, 6.45) is 0. The largest absolute Gasteiger partial charge is 0.383 e. The van der Waals surface area contributed by atoms with Gasteiger partial charge in [0.05, 0.1) is 17.6 Å². The van der Waals surface area contributed by atoms with E-state index in [1.165, 1.54) is 12.0 Å². The lowest BCUT2D eigenvalue weighted by Gasteiger charge is -2.21. The number of benzene rings is 1. The highest BCUT2D eigenvalue weighted by atomic mass is 79.9. The van der Waals surface area contributed by atoms with Gasteiger partial charge in [-0.2, -0.15) is 0 Å². The molecule has 110 valence electrons. The molecule has 1 amide bonds. The molecule has 0 aromatic heterocycles. The number of alkyl halides is 1. The number of methoxy groups -OCH3 is 1. The number of carbonyl (C=O) groups is 1. The van der Waals surface area contributed by atoms with Crippen LogP contribution in [0.25, 0.3) is 0 Å². The number of hydrogen-bond acceptors (Lipinski definition) is 4. The molecule has 8 heteroatoms. The predicted molar refractivity (Wildman–Crippen MR) is 74.6 cm³/mol. The van der Waals surface area contributed by atoms with Crippen LogP contribution in [0, 0.1) is 15.9 Å². The second-order valence-corrected chi connectivity index (χ2v) is 4.69. The SMILES string of the molecule is COCCN(CCBr)C(=O)c1ccc(F)cc1[N+](=O)[O-]. The summed E-state index contributed by atoms with van der Waals surface area (Å²) in [7, 11) is 1.50. The van der Waals surface area contributed by atoms with E-state index >= 15 is 0 Å². The molecule has 1 aromatic rings. The van der Waals surface area contributed by atoms with E-state index in [-0.39, 0.29) is 5.56 Å². The molecule has 0 spiro atoms. The smallest absolute Gasteiger partial charge is 0.285 e. The highest BCUT2D eigenvalue weighted by Gasteiger charge is 2.24. The fourth-order valence-electron chi connectivity index (χ4n) is 1.63. The lowest BCUT2D eigenvalue weighted by atomic mass is 10.1. The minimum atomic E-state index is -0.765. The molecule has 0 bridgehead atoms. The van der Waals surface area contributed by atoms with Crippen molar-refractivity contribution in [2.24, 2.45) is 0 Å². The number of nitro benzene ring substituents is 1. The third kappa shape index (κ3) is 4.24. The molecule has 6 nitrogen and oxygen atoms in total. The molecule has 0 aliphatic rings. The van der Waals surface area contributed by atoms with Crippen LogP contribution in [-0.4, -0.2) is 47.9 Å². The van der Waals surface area contributed by atoms with Gasteiger partial charge in [-0.05, 0) is 12.1 Å². The van der Waals surface area contributed by atoms with Gasteiger partial charge < -0.3 is 9.64 Å². The standard InChI is InChI=1S/C12H14BrFN2O4/c1-20-7-6-15(5-4-13)12(17)10-3-2-9(14)8-11(10)16(18)19/h2-3,8H,4-7H2,1H3. The zero-order chi connectivity index (χ0) is 15.1. The first-order chi connectivity index (χ1) is 9.51. The number of nitrogens with zero attached hydrogens (tertiary/aromatic N) is 2. The summed E-state index contributed by atoms with van der Waals surface area (Å²) in [4.78, 5) is 23.9. The molecule has 0 saturated carbocycles. The van der Waals surface area contributed by atoms with Gasteiger partial charge in [-0.15, -0.1) is 0 Å². The Labute approximate surface area is 123 Å². The molecular formula is C12H14BrFN2O4. The zero-order valence-electron chi connectivity index (χ0n) is 10.8. The molecule has 20 heavy (non-hydrogen) atoms. The van der Waals surface area contributed by atoms with Crippen molar-refractivity contribution in [1.29, 1.82) is 0 Å². The Kier molecular flexibility index (Phi) is 6.53. The molecule has 0 aliphatic carbocycles. The van der Waals surface area contributed by atoms with E-state index in [1.807, 2.05) is 0 Å². The van der Waals surface area contributed by atoms with E-state index in [1.54, 1.807) is 0 Å². The minimum absolute atomic E-state index is 0.131. The maximum Gasteiger partial charge on any atom is 0.285 e. The normalized spacial score (nSPS) is 10.3. The van der Waals surface area contributed by atoms with Crippen molar-refractivity contribution in [1.82, 2.24) is 4.90 Å². The molecule has 0 aliphatic heterocycles. The molecule has 1 rings (SSSR count). The van der Waals surface area contributed by atoms with Crippen molar-refractivity contribution < 1.29 is 18.8 Å². The summed E-state index contributed by atoms with van der Waals surface area (Å²) >= 11 is 3.21. The number of carbonyl (C=O) groups excluding carboxylic acids is 1. The number of ether oxygens (including phenoxy) is 1. The quantitative estimate of drug-likeness (QED) is 0.430. The minimum Gasteiger partial charge on any atom is -0.383 e. The van der Waals surface area contributed by atoms with Crippen molar-refractivity contribution in [3.63, 3.8) is 0 Å². The first-order valence-corrected chi connectivity index (χ1v) is 6.91. The Hall–Kier alpha value is -1.54. The van der Waals surface area contributed by atoms with Crippen LogP contribution in [0.3, 0.4) is 0 Å². The summed E-state index contributed by atoms with van der Waals surface area (Å²) in [6.45, 7) is 0.986. The van der Waals surface area contributed by atoms with Crippen LogP contribution in [0.15, 0.2) is 18.2 Å². The number of rotatable bonds is 7. The highest BCUT2D eigenvalue weighted by Crippen LogP contribution is 2.21. The molecule has 0 unspecified atom stereocenters. The fraction of sp³-hybridized carbons (Fsp3) is 0.417. The number of nitro groups is 1.